The van der Waals surface area contributed by atoms with Crippen LogP contribution >= 0.6 is 11.3 Å². The van der Waals surface area contributed by atoms with Gasteiger partial charge >= 0.3 is 0 Å². The third-order valence-electron chi connectivity index (χ3n) is 4.33. The Morgan fingerprint density at radius 3 is 2.56 bits per heavy atom. The maximum Gasteiger partial charge on any atom is 0.255 e. The molecular formula is C20H23FN4OS. The molecule has 0 bridgehead atoms. The molecule has 27 heavy (non-hydrogen) atoms. The second-order valence-corrected chi connectivity index (χ2v) is 7.64. The largest absolute Gasteiger partial charge is 0.344 e. The molecule has 2 heterocycles. The Labute approximate surface area is 162 Å². The van der Waals surface area contributed by atoms with Crippen molar-refractivity contribution in [1.29, 1.82) is 0 Å². The van der Waals surface area contributed by atoms with Crippen LogP contribution in [0, 0.1) is 5.82 Å². The van der Waals surface area contributed by atoms with Crippen LogP contribution < -0.4 is 5.32 Å². The van der Waals surface area contributed by atoms with Crippen LogP contribution in [-0.4, -0.2) is 20.7 Å². The van der Waals surface area contributed by atoms with Gasteiger partial charge < -0.3 is 5.32 Å². The number of aryl methyl sites for hydroxylation is 1. The first-order chi connectivity index (χ1) is 12.9. The predicted octanol–water partition coefficient (Wildman–Crippen LogP) is 4.64. The van der Waals surface area contributed by atoms with Gasteiger partial charge in [0.15, 0.2) is 0 Å². The first-order valence-corrected chi connectivity index (χ1v) is 9.87. The van der Waals surface area contributed by atoms with E-state index in [0.29, 0.717) is 5.56 Å². The third-order valence-corrected chi connectivity index (χ3v) is 5.34. The van der Waals surface area contributed by atoms with Gasteiger partial charge in [-0.05, 0) is 43.5 Å². The molecule has 2 aromatic heterocycles. The Bertz CT molecular complexity index is 930. The highest BCUT2D eigenvalue weighted by atomic mass is 32.1. The topological polar surface area (TPSA) is 59.8 Å². The molecule has 5 nitrogen and oxygen atoms in total. The SMILES string of the molecule is CCc1nc(C(C)NC(=O)c2cnn(-c3ccc(F)cc3)c2C(C)C)cs1. The smallest absolute Gasteiger partial charge is 0.255 e. The molecule has 0 aliphatic heterocycles. The van der Waals surface area contributed by atoms with Crippen molar-refractivity contribution in [3.63, 3.8) is 0 Å². The number of nitrogens with one attached hydrogen (secondary N) is 1. The maximum absolute atomic E-state index is 13.2. The lowest BCUT2D eigenvalue weighted by Gasteiger charge is -2.15. The maximum atomic E-state index is 13.2. The minimum atomic E-state index is -0.307. The van der Waals surface area contributed by atoms with E-state index in [1.54, 1.807) is 34.3 Å². The van der Waals surface area contributed by atoms with E-state index in [4.69, 9.17) is 0 Å². The number of benzene rings is 1. The van der Waals surface area contributed by atoms with Crippen molar-refractivity contribution in [3.05, 3.63) is 63.6 Å². The second-order valence-electron chi connectivity index (χ2n) is 6.70. The Balaban J connectivity index is 1.87. The summed E-state index contributed by atoms with van der Waals surface area (Å²) in [6.45, 7) is 7.99. The van der Waals surface area contributed by atoms with E-state index in [-0.39, 0.29) is 23.7 Å². The van der Waals surface area contributed by atoms with Crippen LogP contribution in [-0.2, 0) is 6.42 Å². The number of nitrogens with zero attached hydrogens (tertiary/aromatic N) is 3. The van der Waals surface area contributed by atoms with Gasteiger partial charge in [0.05, 0.1) is 39.9 Å². The minimum Gasteiger partial charge on any atom is -0.344 e. The van der Waals surface area contributed by atoms with E-state index < -0.39 is 0 Å². The Morgan fingerprint density at radius 1 is 1.26 bits per heavy atom. The molecular weight excluding hydrogens is 363 g/mol. The molecule has 7 heteroatoms. The van der Waals surface area contributed by atoms with Gasteiger partial charge in [0.2, 0.25) is 0 Å². The van der Waals surface area contributed by atoms with Crippen molar-refractivity contribution in [2.24, 2.45) is 0 Å². The van der Waals surface area contributed by atoms with Gasteiger partial charge in [-0.2, -0.15) is 5.10 Å². The molecule has 0 radical (unpaired) electrons. The van der Waals surface area contributed by atoms with Crippen molar-refractivity contribution >= 4 is 17.2 Å². The Hall–Kier alpha value is -2.54. The summed E-state index contributed by atoms with van der Waals surface area (Å²) in [4.78, 5) is 17.4. The highest BCUT2D eigenvalue weighted by Gasteiger charge is 2.23. The van der Waals surface area contributed by atoms with Crippen molar-refractivity contribution < 1.29 is 9.18 Å². The van der Waals surface area contributed by atoms with Crippen LogP contribution in [0.2, 0.25) is 0 Å². The lowest BCUT2D eigenvalue weighted by atomic mass is 10.0. The molecule has 1 atom stereocenters. The van der Waals surface area contributed by atoms with Gasteiger partial charge in [-0.1, -0.05) is 20.8 Å². The summed E-state index contributed by atoms with van der Waals surface area (Å²) in [6.07, 6.45) is 2.45. The van der Waals surface area contributed by atoms with Gasteiger partial charge in [0, 0.05) is 5.38 Å². The molecule has 1 unspecified atom stereocenters. The van der Waals surface area contributed by atoms with Gasteiger partial charge in [-0.25, -0.2) is 14.1 Å². The minimum absolute atomic E-state index is 0.0691. The Kier molecular flexibility index (Phi) is 5.70. The number of hydrogen-bond acceptors (Lipinski definition) is 4. The zero-order valence-corrected chi connectivity index (χ0v) is 16.7. The monoisotopic (exact) mass is 386 g/mol. The van der Waals surface area contributed by atoms with Crippen molar-refractivity contribution in [1.82, 2.24) is 20.1 Å². The molecule has 0 saturated heterocycles. The predicted molar refractivity (Wildman–Crippen MR) is 105 cm³/mol. The molecule has 0 aliphatic rings. The van der Waals surface area contributed by atoms with E-state index in [2.05, 4.69) is 22.3 Å². The summed E-state index contributed by atoms with van der Waals surface area (Å²) in [5, 5.41) is 10.4. The zero-order valence-electron chi connectivity index (χ0n) is 15.9. The molecule has 0 fully saturated rings. The summed E-state index contributed by atoms with van der Waals surface area (Å²) in [7, 11) is 0. The molecule has 1 aromatic carbocycles. The number of halogens is 1. The lowest BCUT2D eigenvalue weighted by Crippen LogP contribution is -2.27. The van der Waals surface area contributed by atoms with E-state index in [0.717, 1.165) is 28.5 Å². The fourth-order valence-corrected chi connectivity index (χ4v) is 3.75. The van der Waals surface area contributed by atoms with E-state index in [1.807, 2.05) is 26.2 Å². The highest BCUT2D eigenvalue weighted by Crippen LogP contribution is 2.24. The van der Waals surface area contributed by atoms with Crippen LogP contribution in [0.4, 0.5) is 4.39 Å². The van der Waals surface area contributed by atoms with Gasteiger partial charge in [-0.15, -0.1) is 11.3 Å². The summed E-state index contributed by atoms with van der Waals surface area (Å²) in [5.41, 5.74) is 2.90. The summed E-state index contributed by atoms with van der Waals surface area (Å²) >= 11 is 1.60. The van der Waals surface area contributed by atoms with Gasteiger partial charge in [-0.3, -0.25) is 4.79 Å². The number of aromatic nitrogens is 3. The number of rotatable bonds is 6. The molecule has 3 aromatic rings. The van der Waals surface area contributed by atoms with Crippen LogP contribution in [0.15, 0.2) is 35.8 Å². The molecule has 0 aliphatic carbocycles. The summed E-state index contributed by atoms with van der Waals surface area (Å²) < 4.78 is 14.9. The number of thiazole rings is 1. The Morgan fingerprint density at radius 2 is 1.96 bits per heavy atom. The van der Waals surface area contributed by atoms with E-state index >= 15 is 0 Å². The van der Waals surface area contributed by atoms with Gasteiger partial charge in [0.1, 0.15) is 5.82 Å². The van der Waals surface area contributed by atoms with Crippen LogP contribution in [0.1, 0.15) is 66.4 Å². The molecule has 1 N–H and O–H groups in total. The van der Waals surface area contributed by atoms with Crippen LogP contribution in [0.5, 0.6) is 0 Å². The first-order valence-electron chi connectivity index (χ1n) is 8.99. The molecule has 1 amide bonds. The van der Waals surface area contributed by atoms with Crippen molar-refractivity contribution in [2.45, 2.75) is 46.1 Å². The number of carbonyl (C=O) groups excluding carboxylic acids is 1. The number of amides is 1. The van der Waals surface area contributed by atoms with Crippen LogP contribution in [0.25, 0.3) is 5.69 Å². The van der Waals surface area contributed by atoms with Gasteiger partial charge in [0.25, 0.3) is 5.91 Å². The molecule has 0 spiro atoms. The highest BCUT2D eigenvalue weighted by molar-refractivity contribution is 7.09. The molecule has 142 valence electrons. The molecule has 0 saturated carbocycles. The fraction of sp³-hybridized carbons (Fsp3) is 0.350. The van der Waals surface area contributed by atoms with E-state index in [9.17, 15) is 9.18 Å². The third kappa shape index (κ3) is 4.08. The summed E-state index contributed by atoms with van der Waals surface area (Å²) in [6, 6.07) is 5.89. The number of hydrogen-bond donors (Lipinski definition) is 1. The quantitative estimate of drug-likeness (QED) is 0.671. The van der Waals surface area contributed by atoms with Crippen LogP contribution in [0.3, 0.4) is 0 Å². The second kappa shape index (κ2) is 8.00. The average Bonchev–Trinajstić information content (AvgIpc) is 3.29. The standard InChI is InChI=1S/C20H23FN4OS/c1-5-18-24-17(11-27-18)13(4)23-20(26)16-10-22-25(19(16)12(2)3)15-8-6-14(21)7-9-15/h6-13H,5H2,1-4H3,(H,23,26). The zero-order chi connectivity index (χ0) is 19.6. The van der Waals surface area contributed by atoms with E-state index in [1.165, 1.54) is 12.1 Å². The lowest BCUT2D eigenvalue weighted by molar-refractivity contribution is 0.0938. The first kappa shape index (κ1) is 19.2. The number of carbonyl (C=O) groups is 1. The van der Waals surface area contributed by atoms with Crippen molar-refractivity contribution in [2.75, 3.05) is 0 Å². The normalized spacial score (nSPS) is 12.4. The average molecular weight is 386 g/mol. The van der Waals surface area contributed by atoms with Crippen molar-refractivity contribution in [3.8, 4) is 5.69 Å². The fourth-order valence-electron chi connectivity index (χ4n) is 2.91. The summed E-state index contributed by atoms with van der Waals surface area (Å²) in [5.74, 6) is -0.427. The molecule has 3 rings (SSSR count).